The van der Waals surface area contributed by atoms with E-state index in [-0.39, 0.29) is 22.4 Å². The zero-order chi connectivity index (χ0) is 24.3. The van der Waals surface area contributed by atoms with Crippen LogP contribution >= 0.6 is 11.3 Å². The molecule has 4 rings (SSSR count). The molecule has 14 heteroatoms. The molecule has 3 N–H and O–H groups in total. The van der Waals surface area contributed by atoms with Crippen molar-refractivity contribution in [1.82, 2.24) is 30.5 Å². The Balaban J connectivity index is 1.78. The fourth-order valence-electron chi connectivity index (χ4n) is 2.91. The number of amides is 2. The lowest BCUT2D eigenvalue weighted by molar-refractivity contribution is -0.140. The monoisotopic (exact) mass is 491 g/mol. The van der Waals surface area contributed by atoms with Crippen molar-refractivity contribution in [3.05, 3.63) is 52.2 Å². The van der Waals surface area contributed by atoms with E-state index in [2.05, 4.69) is 35.8 Å². The summed E-state index contributed by atoms with van der Waals surface area (Å²) >= 11 is 0.804. The summed E-state index contributed by atoms with van der Waals surface area (Å²) in [5.41, 5.74) is 0.423. The Morgan fingerprint density at radius 3 is 2.74 bits per heavy atom. The van der Waals surface area contributed by atoms with Gasteiger partial charge in [0.2, 0.25) is 0 Å². The molecular formula is C20H16F3N7O3S. The minimum absolute atomic E-state index is 0.0548. The highest BCUT2D eigenvalue weighted by atomic mass is 32.1. The standard InChI is InChI=1S/C20H16F3N7O3S/c1-2-4-25-18(31)28-15-7-11(17-27-14(9-34-17)20(21,22)23)12(8-26-15)10-3-5-24-13(6-10)16-29-30-19(32)33-16/h3,5-9H,2,4H2,1H3,(H,30,32)(H2,25,26,28,31). The molecule has 0 aliphatic rings. The second-order valence-corrected chi connectivity index (χ2v) is 7.74. The van der Waals surface area contributed by atoms with Gasteiger partial charge in [0.15, 0.2) is 5.69 Å². The highest BCUT2D eigenvalue weighted by Gasteiger charge is 2.34. The Labute approximate surface area is 193 Å². The molecule has 0 bridgehead atoms. The second-order valence-electron chi connectivity index (χ2n) is 6.88. The number of H-pyrrole nitrogens is 1. The molecule has 4 aromatic rings. The Hall–Kier alpha value is -4.07. The number of anilines is 1. The maximum absolute atomic E-state index is 13.2. The summed E-state index contributed by atoms with van der Waals surface area (Å²) in [4.78, 5) is 35.4. The zero-order valence-corrected chi connectivity index (χ0v) is 18.3. The van der Waals surface area contributed by atoms with E-state index in [1.165, 1.54) is 18.5 Å². The van der Waals surface area contributed by atoms with Gasteiger partial charge >= 0.3 is 18.0 Å². The molecule has 0 aliphatic carbocycles. The van der Waals surface area contributed by atoms with E-state index >= 15 is 0 Å². The van der Waals surface area contributed by atoms with Crippen LogP contribution in [0.5, 0.6) is 0 Å². The lowest BCUT2D eigenvalue weighted by Crippen LogP contribution is -2.29. The number of nitrogens with one attached hydrogen (secondary N) is 3. The van der Waals surface area contributed by atoms with Gasteiger partial charge in [-0.3, -0.25) is 10.3 Å². The number of rotatable bonds is 6. The molecule has 34 heavy (non-hydrogen) atoms. The summed E-state index contributed by atoms with van der Waals surface area (Å²) in [6.07, 6.45) is -1.05. The molecule has 0 saturated carbocycles. The van der Waals surface area contributed by atoms with Crippen LogP contribution in [0.15, 0.2) is 45.2 Å². The van der Waals surface area contributed by atoms with Crippen molar-refractivity contribution in [1.29, 1.82) is 0 Å². The molecule has 0 fully saturated rings. The number of hydrogen-bond donors (Lipinski definition) is 3. The number of aromatic nitrogens is 5. The lowest BCUT2D eigenvalue weighted by atomic mass is 10.0. The third-order valence-corrected chi connectivity index (χ3v) is 5.31. The van der Waals surface area contributed by atoms with Crippen LogP contribution in [0, 0.1) is 0 Å². The smallest absolute Gasteiger partial charge is 0.386 e. The molecule has 0 spiro atoms. The van der Waals surface area contributed by atoms with E-state index < -0.39 is 23.7 Å². The van der Waals surface area contributed by atoms with Crippen LogP contribution in [0.4, 0.5) is 23.8 Å². The summed E-state index contributed by atoms with van der Waals surface area (Å²) in [5.74, 6) is -0.687. The molecule has 0 saturated heterocycles. The second kappa shape index (κ2) is 9.43. The first kappa shape index (κ1) is 23.1. The third kappa shape index (κ3) is 5.11. The minimum atomic E-state index is -4.61. The van der Waals surface area contributed by atoms with E-state index in [9.17, 15) is 22.8 Å². The highest BCUT2D eigenvalue weighted by molar-refractivity contribution is 7.13. The number of urea groups is 1. The Morgan fingerprint density at radius 2 is 2.06 bits per heavy atom. The predicted molar refractivity (Wildman–Crippen MR) is 117 cm³/mol. The fourth-order valence-corrected chi connectivity index (χ4v) is 3.77. The lowest BCUT2D eigenvalue weighted by Gasteiger charge is -2.12. The molecule has 0 aliphatic heterocycles. The zero-order valence-electron chi connectivity index (χ0n) is 17.4. The van der Waals surface area contributed by atoms with Crippen LogP contribution in [-0.4, -0.2) is 37.7 Å². The molecule has 0 aromatic carbocycles. The highest BCUT2D eigenvalue weighted by Crippen LogP contribution is 2.38. The number of alkyl halides is 3. The Bertz CT molecular complexity index is 1380. The number of pyridine rings is 2. The van der Waals surface area contributed by atoms with E-state index in [4.69, 9.17) is 4.42 Å². The van der Waals surface area contributed by atoms with Gasteiger partial charge < -0.3 is 9.73 Å². The maximum atomic E-state index is 13.2. The minimum Gasteiger partial charge on any atom is -0.386 e. The predicted octanol–water partition coefficient (Wildman–Crippen LogP) is 4.16. The number of carbonyl (C=O) groups excluding carboxylic acids is 1. The first-order chi connectivity index (χ1) is 16.2. The van der Waals surface area contributed by atoms with Crippen molar-refractivity contribution >= 4 is 23.2 Å². The van der Waals surface area contributed by atoms with Crippen LogP contribution in [0.1, 0.15) is 19.0 Å². The van der Waals surface area contributed by atoms with Crippen LogP contribution < -0.4 is 16.4 Å². The number of carbonyl (C=O) groups is 1. The molecule has 4 aromatic heterocycles. The molecule has 176 valence electrons. The fraction of sp³-hybridized carbons (Fsp3) is 0.200. The number of aromatic amines is 1. The molecule has 4 heterocycles. The van der Waals surface area contributed by atoms with Gasteiger partial charge in [-0.2, -0.15) is 13.2 Å². The van der Waals surface area contributed by atoms with Crippen LogP contribution in [0.25, 0.3) is 33.3 Å². The van der Waals surface area contributed by atoms with Gasteiger partial charge in [-0.1, -0.05) is 6.92 Å². The van der Waals surface area contributed by atoms with Crippen LogP contribution in [0.2, 0.25) is 0 Å². The number of halogens is 3. The first-order valence-corrected chi connectivity index (χ1v) is 10.7. The summed E-state index contributed by atoms with van der Waals surface area (Å²) in [6, 6.07) is 4.09. The number of nitrogens with zero attached hydrogens (tertiary/aromatic N) is 4. The summed E-state index contributed by atoms with van der Waals surface area (Å²) in [7, 11) is 0. The van der Waals surface area contributed by atoms with Gasteiger partial charge in [0.1, 0.15) is 16.5 Å². The van der Waals surface area contributed by atoms with Gasteiger partial charge in [0.05, 0.1) is 0 Å². The van der Waals surface area contributed by atoms with Crippen molar-refractivity contribution < 1.29 is 22.4 Å². The average Bonchev–Trinajstić information content (AvgIpc) is 3.47. The van der Waals surface area contributed by atoms with E-state index in [1.807, 2.05) is 6.92 Å². The SMILES string of the molecule is CCCNC(=O)Nc1cc(-c2nc(C(F)(F)F)cs2)c(-c2ccnc(-c3n[nH]c(=O)o3)c2)cn1. The molecule has 10 nitrogen and oxygen atoms in total. The molecule has 2 amide bonds. The molecular weight excluding hydrogens is 475 g/mol. The van der Waals surface area contributed by atoms with E-state index in [0.717, 1.165) is 23.1 Å². The summed E-state index contributed by atoms with van der Waals surface area (Å²) < 4.78 is 44.4. The van der Waals surface area contributed by atoms with Crippen molar-refractivity contribution in [2.45, 2.75) is 19.5 Å². The quantitative estimate of drug-likeness (QED) is 0.368. The molecule has 0 atom stereocenters. The topological polar surface area (TPSA) is 139 Å². The van der Waals surface area contributed by atoms with Gasteiger partial charge in [-0.15, -0.1) is 16.4 Å². The number of hydrogen-bond acceptors (Lipinski definition) is 8. The van der Waals surface area contributed by atoms with Crippen molar-refractivity contribution in [2.24, 2.45) is 0 Å². The van der Waals surface area contributed by atoms with Crippen LogP contribution in [0.3, 0.4) is 0 Å². The maximum Gasteiger partial charge on any atom is 0.434 e. The van der Waals surface area contributed by atoms with Crippen molar-refractivity contribution in [2.75, 3.05) is 11.9 Å². The number of thiazole rings is 1. The van der Waals surface area contributed by atoms with Gasteiger partial charge in [-0.05, 0) is 30.2 Å². The molecule has 0 radical (unpaired) electrons. The Kier molecular flexibility index (Phi) is 6.40. The largest absolute Gasteiger partial charge is 0.434 e. The van der Waals surface area contributed by atoms with Gasteiger partial charge in [-0.25, -0.2) is 24.7 Å². The average molecular weight is 491 g/mol. The van der Waals surface area contributed by atoms with Crippen molar-refractivity contribution in [3.63, 3.8) is 0 Å². The normalized spacial score (nSPS) is 11.4. The van der Waals surface area contributed by atoms with Gasteiger partial charge in [0, 0.05) is 35.4 Å². The van der Waals surface area contributed by atoms with Crippen molar-refractivity contribution in [3.8, 4) is 33.3 Å². The van der Waals surface area contributed by atoms with E-state index in [1.54, 1.807) is 12.1 Å². The van der Waals surface area contributed by atoms with E-state index in [0.29, 0.717) is 23.2 Å². The Morgan fingerprint density at radius 1 is 1.24 bits per heavy atom. The first-order valence-electron chi connectivity index (χ1n) is 9.85. The summed E-state index contributed by atoms with van der Waals surface area (Å²) in [6.45, 7) is 2.34. The third-order valence-electron chi connectivity index (χ3n) is 4.43. The summed E-state index contributed by atoms with van der Waals surface area (Å²) in [5, 5.41) is 12.0. The van der Waals surface area contributed by atoms with Gasteiger partial charge in [0.25, 0.3) is 5.89 Å². The molecule has 0 unspecified atom stereocenters. The van der Waals surface area contributed by atoms with Crippen LogP contribution in [-0.2, 0) is 6.18 Å².